The molecule has 4 atom stereocenters. The van der Waals surface area contributed by atoms with Gasteiger partial charge in [0, 0.05) is 6.42 Å². The molecule has 0 N–H and O–H groups in total. The lowest BCUT2D eigenvalue weighted by atomic mass is 9.52. The van der Waals surface area contributed by atoms with Crippen molar-refractivity contribution in [3.8, 4) is 0 Å². The maximum absolute atomic E-state index is 11.7. The first-order valence-electron chi connectivity index (χ1n) is 7.47. The number of allylic oxidation sites excluding steroid dienone is 6. The molecule has 3 rings (SSSR count). The van der Waals surface area contributed by atoms with Crippen LogP contribution in [0.5, 0.6) is 0 Å². The summed E-state index contributed by atoms with van der Waals surface area (Å²) in [5.74, 6) is 2.11. The van der Waals surface area contributed by atoms with Gasteiger partial charge in [-0.3, -0.25) is 4.79 Å². The Morgan fingerprint density at radius 1 is 1.21 bits per heavy atom. The normalized spacial score (nSPS) is 43.5. The third-order valence-electron chi connectivity index (χ3n) is 6.00. The second-order valence-electron chi connectivity index (χ2n) is 7.41. The van der Waals surface area contributed by atoms with E-state index in [2.05, 4.69) is 52.0 Å². The van der Waals surface area contributed by atoms with E-state index in [0.717, 1.165) is 6.42 Å². The maximum Gasteiger partial charge on any atom is 0.156 e. The SMILES string of the molecule is CC1C2C=CC3=CC(=O)CC[C@]3(C)C2C=CC1(C)C. The van der Waals surface area contributed by atoms with Crippen molar-refractivity contribution < 1.29 is 4.79 Å². The fourth-order valence-corrected chi connectivity index (χ4v) is 4.11. The first-order chi connectivity index (χ1) is 8.84. The molecule has 0 spiro atoms. The van der Waals surface area contributed by atoms with Crippen LogP contribution in [0.25, 0.3) is 0 Å². The number of hydrogen-bond donors (Lipinski definition) is 0. The number of ketones is 1. The molecule has 3 aliphatic carbocycles. The van der Waals surface area contributed by atoms with Crippen LogP contribution < -0.4 is 0 Å². The number of hydrogen-bond acceptors (Lipinski definition) is 1. The van der Waals surface area contributed by atoms with E-state index in [-0.39, 0.29) is 10.8 Å². The zero-order chi connectivity index (χ0) is 13.8. The predicted octanol–water partition coefficient (Wildman–Crippen LogP) is 4.32. The van der Waals surface area contributed by atoms with Crippen LogP contribution >= 0.6 is 0 Å². The molecule has 0 aromatic carbocycles. The van der Waals surface area contributed by atoms with Crippen molar-refractivity contribution in [3.05, 3.63) is 36.0 Å². The molecule has 3 aliphatic rings. The van der Waals surface area contributed by atoms with Crippen LogP contribution in [0.3, 0.4) is 0 Å². The quantitative estimate of drug-likeness (QED) is 0.590. The average Bonchev–Trinajstić information content (AvgIpc) is 2.35. The van der Waals surface area contributed by atoms with Crippen molar-refractivity contribution in [1.29, 1.82) is 0 Å². The van der Waals surface area contributed by atoms with Crippen LogP contribution in [-0.4, -0.2) is 5.78 Å². The topological polar surface area (TPSA) is 17.1 Å². The summed E-state index contributed by atoms with van der Waals surface area (Å²) in [5.41, 5.74) is 1.68. The molecule has 3 unspecified atom stereocenters. The third kappa shape index (κ3) is 1.78. The summed E-state index contributed by atoms with van der Waals surface area (Å²) in [6.45, 7) is 9.38. The summed E-state index contributed by atoms with van der Waals surface area (Å²) >= 11 is 0. The van der Waals surface area contributed by atoms with Crippen molar-refractivity contribution in [3.63, 3.8) is 0 Å². The average molecular weight is 256 g/mol. The molecule has 0 aromatic rings. The molecule has 0 heterocycles. The second-order valence-corrected chi connectivity index (χ2v) is 7.41. The molecule has 0 bridgehead atoms. The van der Waals surface area contributed by atoms with E-state index in [9.17, 15) is 4.79 Å². The predicted molar refractivity (Wildman–Crippen MR) is 78.6 cm³/mol. The van der Waals surface area contributed by atoms with Crippen molar-refractivity contribution in [2.75, 3.05) is 0 Å². The van der Waals surface area contributed by atoms with Gasteiger partial charge in [0.15, 0.2) is 5.78 Å². The van der Waals surface area contributed by atoms with Crippen LogP contribution in [0.4, 0.5) is 0 Å². The summed E-state index contributed by atoms with van der Waals surface area (Å²) in [5, 5.41) is 0. The van der Waals surface area contributed by atoms with Gasteiger partial charge in [-0.1, -0.05) is 52.0 Å². The highest BCUT2D eigenvalue weighted by atomic mass is 16.1. The lowest BCUT2D eigenvalue weighted by molar-refractivity contribution is -0.116. The summed E-state index contributed by atoms with van der Waals surface area (Å²) in [6, 6.07) is 0. The molecule has 102 valence electrons. The van der Waals surface area contributed by atoms with Crippen molar-refractivity contribution >= 4 is 5.78 Å². The standard InChI is InChI=1S/C18H24O/c1-12-15-6-5-13-11-14(19)7-10-18(13,4)16(15)8-9-17(12,2)3/h5-6,8-9,11-12,15-16H,7,10H2,1-4H3/t12?,15?,16?,18-/m0/s1. The zero-order valence-electron chi connectivity index (χ0n) is 12.4. The van der Waals surface area contributed by atoms with Crippen LogP contribution in [0, 0.1) is 28.6 Å². The van der Waals surface area contributed by atoms with Gasteiger partial charge in [0.2, 0.25) is 0 Å². The van der Waals surface area contributed by atoms with Crippen LogP contribution in [0.2, 0.25) is 0 Å². The molecular formula is C18H24O. The number of carbonyl (C=O) groups excluding carboxylic acids is 1. The molecule has 0 radical (unpaired) electrons. The largest absolute Gasteiger partial charge is 0.295 e. The molecule has 0 amide bonds. The minimum Gasteiger partial charge on any atom is -0.295 e. The Hall–Kier alpha value is -1.11. The fourth-order valence-electron chi connectivity index (χ4n) is 4.11. The first kappa shape index (κ1) is 12.9. The van der Waals surface area contributed by atoms with Gasteiger partial charge in [-0.2, -0.15) is 0 Å². The van der Waals surface area contributed by atoms with Gasteiger partial charge in [-0.25, -0.2) is 0 Å². The van der Waals surface area contributed by atoms with Crippen LogP contribution in [0.15, 0.2) is 36.0 Å². The summed E-state index contributed by atoms with van der Waals surface area (Å²) in [4.78, 5) is 11.7. The van der Waals surface area contributed by atoms with E-state index < -0.39 is 0 Å². The van der Waals surface area contributed by atoms with Crippen molar-refractivity contribution in [2.45, 2.75) is 40.5 Å². The van der Waals surface area contributed by atoms with E-state index in [1.165, 1.54) is 5.57 Å². The van der Waals surface area contributed by atoms with Gasteiger partial charge in [-0.05, 0) is 46.7 Å². The van der Waals surface area contributed by atoms with E-state index in [0.29, 0.717) is 30.0 Å². The van der Waals surface area contributed by atoms with Gasteiger partial charge in [0.05, 0.1) is 0 Å². The second kappa shape index (κ2) is 3.94. The Bertz CT molecular complexity index is 506. The van der Waals surface area contributed by atoms with Crippen LogP contribution in [-0.2, 0) is 4.79 Å². The van der Waals surface area contributed by atoms with Crippen LogP contribution in [0.1, 0.15) is 40.5 Å². The number of fused-ring (bicyclic) bond motifs is 3. The number of carbonyl (C=O) groups is 1. The molecule has 0 saturated carbocycles. The van der Waals surface area contributed by atoms with E-state index >= 15 is 0 Å². The minimum absolute atomic E-state index is 0.161. The summed E-state index contributed by atoms with van der Waals surface area (Å²) in [6.07, 6.45) is 13.0. The smallest absolute Gasteiger partial charge is 0.156 e. The Balaban J connectivity index is 2.08. The fraction of sp³-hybridized carbons (Fsp3) is 0.611. The molecule has 0 fully saturated rings. The van der Waals surface area contributed by atoms with Gasteiger partial charge in [0.25, 0.3) is 0 Å². The van der Waals surface area contributed by atoms with Crippen molar-refractivity contribution in [1.82, 2.24) is 0 Å². The molecule has 0 saturated heterocycles. The molecule has 0 aromatic heterocycles. The summed E-state index contributed by atoms with van der Waals surface area (Å²) in [7, 11) is 0. The summed E-state index contributed by atoms with van der Waals surface area (Å²) < 4.78 is 0. The Morgan fingerprint density at radius 2 is 1.95 bits per heavy atom. The highest BCUT2D eigenvalue weighted by molar-refractivity contribution is 5.92. The molecule has 19 heavy (non-hydrogen) atoms. The molecule has 1 nitrogen and oxygen atoms in total. The maximum atomic E-state index is 11.7. The highest BCUT2D eigenvalue weighted by Gasteiger charge is 2.48. The molecule has 1 heteroatoms. The van der Waals surface area contributed by atoms with Gasteiger partial charge >= 0.3 is 0 Å². The van der Waals surface area contributed by atoms with Gasteiger partial charge in [-0.15, -0.1) is 0 Å². The Kier molecular flexibility index (Phi) is 2.68. The van der Waals surface area contributed by atoms with E-state index in [1.54, 1.807) is 0 Å². The molecular weight excluding hydrogens is 232 g/mol. The Labute approximate surface area is 116 Å². The third-order valence-corrected chi connectivity index (χ3v) is 6.00. The number of rotatable bonds is 0. The van der Waals surface area contributed by atoms with E-state index in [1.807, 2.05) is 6.08 Å². The lowest BCUT2D eigenvalue weighted by Crippen LogP contribution is -2.45. The minimum atomic E-state index is 0.161. The van der Waals surface area contributed by atoms with Gasteiger partial charge in [0.1, 0.15) is 0 Å². The van der Waals surface area contributed by atoms with Gasteiger partial charge < -0.3 is 0 Å². The lowest BCUT2D eigenvalue weighted by Gasteiger charge is -2.52. The highest BCUT2D eigenvalue weighted by Crippen LogP contribution is 2.56. The Morgan fingerprint density at radius 3 is 2.68 bits per heavy atom. The zero-order valence-corrected chi connectivity index (χ0v) is 12.4. The molecule has 0 aliphatic heterocycles. The first-order valence-corrected chi connectivity index (χ1v) is 7.47. The van der Waals surface area contributed by atoms with E-state index in [4.69, 9.17) is 0 Å². The van der Waals surface area contributed by atoms with Crippen molar-refractivity contribution in [2.24, 2.45) is 28.6 Å². The monoisotopic (exact) mass is 256 g/mol.